The number of ether oxygens (including phenoxy) is 2. The van der Waals surface area contributed by atoms with Gasteiger partial charge in [-0.3, -0.25) is 14.9 Å². The van der Waals surface area contributed by atoms with Gasteiger partial charge in [0.1, 0.15) is 12.4 Å². The Bertz CT molecular complexity index is 1690. The topological polar surface area (TPSA) is 109 Å². The van der Waals surface area contributed by atoms with Crippen LogP contribution in [0.15, 0.2) is 71.1 Å². The van der Waals surface area contributed by atoms with E-state index in [9.17, 15) is 14.9 Å². The normalized spacial score (nSPS) is 11.3. The van der Waals surface area contributed by atoms with Crippen LogP contribution in [0.2, 0.25) is 5.02 Å². The van der Waals surface area contributed by atoms with E-state index >= 15 is 0 Å². The molecule has 1 aromatic heterocycles. The molecule has 0 unspecified atom stereocenters. The van der Waals surface area contributed by atoms with Gasteiger partial charge in [0.25, 0.3) is 5.56 Å². The summed E-state index contributed by atoms with van der Waals surface area (Å²) in [5.41, 5.74) is 2.51. The molecular formula is C30H29ClN4O5. The first-order valence-corrected chi connectivity index (χ1v) is 13.1. The summed E-state index contributed by atoms with van der Waals surface area (Å²) in [4.78, 5) is 29.7. The number of fused-ring (bicyclic) bond motifs is 1. The van der Waals surface area contributed by atoms with Crippen LogP contribution in [0.25, 0.3) is 22.3 Å². The molecule has 0 fully saturated rings. The Hall–Kier alpha value is -4.50. The van der Waals surface area contributed by atoms with Gasteiger partial charge in [0.15, 0.2) is 5.82 Å². The molecule has 0 spiro atoms. The molecule has 0 atom stereocenters. The molecule has 1 heterocycles. The third-order valence-corrected chi connectivity index (χ3v) is 6.41. The first-order valence-electron chi connectivity index (χ1n) is 12.7. The molecule has 206 valence electrons. The number of hydrogen-bond donors (Lipinski definition) is 0. The summed E-state index contributed by atoms with van der Waals surface area (Å²) in [6, 6.07) is 13.6. The molecule has 0 bridgehead atoms. The third kappa shape index (κ3) is 5.74. The summed E-state index contributed by atoms with van der Waals surface area (Å²) in [6.07, 6.45) is 2.78. The average Bonchev–Trinajstić information content (AvgIpc) is 2.91. The van der Waals surface area contributed by atoms with Gasteiger partial charge in [0.05, 0.1) is 28.6 Å². The zero-order valence-electron chi connectivity index (χ0n) is 22.7. The van der Waals surface area contributed by atoms with E-state index in [0.29, 0.717) is 28.9 Å². The number of hydrogen-bond acceptors (Lipinski definition) is 7. The van der Waals surface area contributed by atoms with E-state index < -0.39 is 10.5 Å². The SMILES string of the molecule is C=CCOc1c(C=Nn2c(-c3cc(C(C)C)c(OCC)cc3C)nc3ccccc3c2=O)cc(Cl)cc1[N+](=O)[O-]. The van der Waals surface area contributed by atoms with Gasteiger partial charge in [-0.25, -0.2) is 4.98 Å². The van der Waals surface area contributed by atoms with E-state index in [-0.39, 0.29) is 34.5 Å². The Balaban J connectivity index is 2.00. The Morgan fingerprint density at radius 2 is 1.95 bits per heavy atom. The van der Waals surface area contributed by atoms with E-state index in [1.807, 2.05) is 32.0 Å². The van der Waals surface area contributed by atoms with Crippen LogP contribution in [0.3, 0.4) is 0 Å². The number of nitro benzene ring substituents is 1. The largest absolute Gasteiger partial charge is 0.494 e. The summed E-state index contributed by atoms with van der Waals surface area (Å²) in [7, 11) is 0. The van der Waals surface area contributed by atoms with Gasteiger partial charge in [-0.2, -0.15) is 9.78 Å². The lowest BCUT2D eigenvalue weighted by molar-refractivity contribution is -0.385. The lowest BCUT2D eigenvalue weighted by Crippen LogP contribution is -2.21. The molecule has 4 aromatic rings. The summed E-state index contributed by atoms with van der Waals surface area (Å²) in [5.74, 6) is 1.18. The standard InChI is InChI=1S/C30H29ClN4O5/c1-6-12-40-28-20(14-21(31)15-26(28)35(37)38)17-32-34-29(33-25-11-9-8-10-22(25)30(34)36)24-16-23(18(3)4)27(39-7-2)13-19(24)5/h6,8-11,13-18H,1,7,12H2,2-5H3. The van der Waals surface area contributed by atoms with Crippen molar-refractivity contribution in [3.63, 3.8) is 0 Å². The van der Waals surface area contributed by atoms with Gasteiger partial charge in [-0.05, 0) is 61.2 Å². The van der Waals surface area contributed by atoms with Gasteiger partial charge < -0.3 is 9.47 Å². The van der Waals surface area contributed by atoms with Gasteiger partial charge in [0.2, 0.25) is 5.75 Å². The van der Waals surface area contributed by atoms with Crippen molar-refractivity contribution >= 4 is 34.4 Å². The van der Waals surface area contributed by atoms with Crippen molar-refractivity contribution in [2.24, 2.45) is 5.10 Å². The van der Waals surface area contributed by atoms with Crippen LogP contribution in [-0.2, 0) is 0 Å². The molecule has 3 aromatic carbocycles. The fraction of sp³-hybridized carbons (Fsp3) is 0.233. The van der Waals surface area contributed by atoms with Crippen LogP contribution < -0.4 is 15.0 Å². The van der Waals surface area contributed by atoms with Crippen molar-refractivity contribution in [2.75, 3.05) is 13.2 Å². The van der Waals surface area contributed by atoms with E-state index in [4.69, 9.17) is 26.1 Å². The average molecular weight is 561 g/mol. The lowest BCUT2D eigenvalue weighted by atomic mass is 9.96. The van der Waals surface area contributed by atoms with Crippen molar-refractivity contribution < 1.29 is 14.4 Å². The predicted octanol–water partition coefficient (Wildman–Crippen LogP) is 6.90. The van der Waals surface area contributed by atoms with Gasteiger partial charge >= 0.3 is 5.69 Å². The fourth-order valence-electron chi connectivity index (χ4n) is 4.33. The number of nitrogens with zero attached hydrogens (tertiary/aromatic N) is 4. The molecule has 0 aliphatic rings. The zero-order valence-corrected chi connectivity index (χ0v) is 23.4. The van der Waals surface area contributed by atoms with E-state index in [1.165, 1.54) is 29.1 Å². The minimum absolute atomic E-state index is 0.0232. The Labute approximate surface area is 236 Å². The molecular weight excluding hydrogens is 532 g/mol. The molecule has 0 N–H and O–H groups in total. The maximum Gasteiger partial charge on any atom is 0.313 e. The second-order valence-electron chi connectivity index (χ2n) is 9.31. The number of halogens is 1. The number of aryl methyl sites for hydroxylation is 1. The van der Waals surface area contributed by atoms with Crippen molar-refractivity contribution in [1.29, 1.82) is 0 Å². The minimum Gasteiger partial charge on any atom is -0.494 e. The first kappa shape index (κ1) is 28.5. The maximum absolute atomic E-state index is 13.7. The van der Waals surface area contributed by atoms with Crippen molar-refractivity contribution in [3.8, 4) is 22.9 Å². The highest BCUT2D eigenvalue weighted by molar-refractivity contribution is 6.31. The second kappa shape index (κ2) is 12.1. The highest BCUT2D eigenvalue weighted by atomic mass is 35.5. The Kier molecular flexibility index (Phi) is 8.64. The molecule has 0 saturated carbocycles. The highest BCUT2D eigenvalue weighted by Gasteiger charge is 2.22. The maximum atomic E-state index is 13.7. The molecule has 40 heavy (non-hydrogen) atoms. The van der Waals surface area contributed by atoms with Crippen LogP contribution >= 0.6 is 11.6 Å². The second-order valence-corrected chi connectivity index (χ2v) is 9.74. The number of aromatic nitrogens is 2. The minimum atomic E-state index is -0.590. The number of rotatable bonds is 10. The lowest BCUT2D eigenvalue weighted by Gasteiger charge is -2.18. The van der Waals surface area contributed by atoms with Crippen molar-refractivity contribution in [3.05, 3.63) is 103 Å². The monoisotopic (exact) mass is 560 g/mol. The zero-order chi connectivity index (χ0) is 29.0. The quantitative estimate of drug-likeness (QED) is 0.0902. The Morgan fingerprint density at radius 3 is 2.62 bits per heavy atom. The summed E-state index contributed by atoms with van der Waals surface area (Å²) in [5, 5.41) is 16.7. The van der Waals surface area contributed by atoms with Crippen LogP contribution in [0.4, 0.5) is 5.69 Å². The van der Waals surface area contributed by atoms with Crippen LogP contribution in [-0.4, -0.2) is 34.0 Å². The fourth-order valence-corrected chi connectivity index (χ4v) is 4.55. The molecule has 0 radical (unpaired) electrons. The van der Waals surface area contributed by atoms with Gasteiger partial charge in [-0.15, -0.1) is 0 Å². The third-order valence-electron chi connectivity index (χ3n) is 6.19. The first-order chi connectivity index (χ1) is 19.2. The van der Waals surface area contributed by atoms with Gasteiger partial charge in [0, 0.05) is 22.2 Å². The van der Waals surface area contributed by atoms with Crippen molar-refractivity contribution in [1.82, 2.24) is 9.66 Å². The van der Waals surface area contributed by atoms with Crippen molar-refractivity contribution in [2.45, 2.75) is 33.6 Å². The van der Waals surface area contributed by atoms with Crippen LogP contribution in [0.5, 0.6) is 11.5 Å². The molecule has 9 nitrogen and oxygen atoms in total. The smallest absolute Gasteiger partial charge is 0.313 e. The van der Waals surface area contributed by atoms with E-state index in [1.54, 1.807) is 18.2 Å². The summed E-state index contributed by atoms with van der Waals surface area (Å²) < 4.78 is 12.7. The van der Waals surface area contributed by atoms with E-state index in [2.05, 4.69) is 25.5 Å². The predicted molar refractivity (Wildman–Crippen MR) is 158 cm³/mol. The summed E-state index contributed by atoms with van der Waals surface area (Å²) >= 11 is 6.19. The number of para-hydroxylation sites is 1. The van der Waals surface area contributed by atoms with Crippen LogP contribution in [0, 0.1) is 17.0 Å². The summed E-state index contributed by atoms with van der Waals surface area (Å²) in [6.45, 7) is 12.1. The molecule has 0 aliphatic carbocycles. The van der Waals surface area contributed by atoms with E-state index in [0.717, 1.165) is 16.9 Å². The molecule has 0 aliphatic heterocycles. The number of benzene rings is 3. The Morgan fingerprint density at radius 1 is 1.20 bits per heavy atom. The molecule has 0 amide bonds. The highest BCUT2D eigenvalue weighted by Crippen LogP contribution is 2.35. The molecule has 10 heteroatoms. The van der Waals surface area contributed by atoms with Crippen LogP contribution in [0.1, 0.15) is 43.4 Å². The molecule has 4 rings (SSSR count). The molecule has 0 saturated heterocycles. The van der Waals surface area contributed by atoms with Gasteiger partial charge in [-0.1, -0.05) is 50.2 Å². The number of nitro groups is 1.